The molecule has 0 aromatic carbocycles. The van der Waals surface area contributed by atoms with E-state index in [0.717, 1.165) is 62.9 Å². The van der Waals surface area contributed by atoms with Crippen LogP contribution in [0.15, 0.2) is 48.6 Å². The Hall–Kier alpha value is -0.870. The average Bonchev–Trinajstić information content (AvgIpc) is 2.73. The molecule has 0 aliphatic heterocycles. The summed E-state index contributed by atoms with van der Waals surface area (Å²) in [6, 6.07) is 0. The molecule has 0 radical (unpaired) electrons. The molecule has 178 valence electrons. The van der Waals surface area contributed by atoms with E-state index in [1.165, 1.54) is 6.42 Å². The van der Waals surface area contributed by atoms with Gasteiger partial charge in [0, 0.05) is 17.9 Å². The van der Waals surface area contributed by atoms with Crippen molar-refractivity contribution in [3.8, 4) is 0 Å². The van der Waals surface area contributed by atoms with Gasteiger partial charge in [-0.2, -0.15) is 0 Å². The van der Waals surface area contributed by atoms with Crippen molar-refractivity contribution in [1.82, 2.24) is 0 Å². The van der Waals surface area contributed by atoms with Crippen LogP contribution in [0.1, 0.15) is 91.9 Å². The first kappa shape index (κ1) is 30.1. The van der Waals surface area contributed by atoms with Gasteiger partial charge < -0.3 is 4.74 Å². The molecular formula is C27H46O2S2. The summed E-state index contributed by atoms with van der Waals surface area (Å²) in [5.41, 5.74) is 0. The van der Waals surface area contributed by atoms with Crippen molar-refractivity contribution in [1.29, 1.82) is 0 Å². The predicted octanol–water partition coefficient (Wildman–Crippen LogP) is 9.10. The van der Waals surface area contributed by atoms with Gasteiger partial charge >= 0.3 is 5.97 Å². The fourth-order valence-electron chi connectivity index (χ4n) is 2.84. The molecule has 0 aromatic rings. The van der Waals surface area contributed by atoms with Crippen LogP contribution in [-0.2, 0) is 9.53 Å². The molecule has 0 heterocycles. The second kappa shape index (κ2) is 23.8. The molecule has 4 heteroatoms. The number of allylic oxidation sites excluding steroid dienone is 8. The summed E-state index contributed by atoms with van der Waals surface area (Å²) in [4.78, 5) is 12.2. The number of hydrogen-bond acceptors (Lipinski definition) is 4. The summed E-state index contributed by atoms with van der Waals surface area (Å²) in [6.07, 6.45) is 27.5. The molecule has 0 rings (SSSR count). The van der Waals surface area contributed by atoms with Gasteiger partial charge in [-0.25, -0.2) is 0 Å². The quantitative estimate of drug-likeness (QED) is 0.0773. The second-order valence-corrected chi connectivity index (χ2v) is 10.7. The maximum absolute atomic E-state index is 12.2. The summed E-state index contributed by atoms with van der Waals surface area (Å²) in [5, 5.41) is 0. The molecule has 0 amide bonds. The van der Waals surface area contributed by atoms with Crippen LogP contribution in [0.3, 0.4) is 0 Å². The average molecular weight is 467 g/mol. The van der Waals surface area contributed by atoms with Crippen LogP contribution in [-0.4, -0.2) is 23.6 Å². The van der Waals surface area contributed by atoms with E-state index >= 15 is 0 Å². The van der Waals surface area contributed by atoms with E-state index in [-0.39, 0.29) is 12.1 Å². The molecule has 1 atom stereocenters. The van der Waals surface area contributed by atoms with Crippen LogP contribution in [0.25, 0.3) is 0 Å². The Balaban J connectivity index is 3.93. The topological polar surface area (TPSA) is 26.3 Å². The predicted molar refractivity (Wildman–Crippen MR) is 144 cm³/mol. The zero-order valence-corrected chi connectivity index (χ0v) is 22.0. The fraction of sp³-hybridized carbons (Fsp3) is 0.667. The molecular weight excluding hydrogens is 420 g/mol. The van der Waals surface area contributed by atoms with Crippen LogP contribution < -0.4 is 0 Å². The SMILES string of the molecule is CC/C=C\C/C=C\CCCSSCC(CC(C)C)OC(=O)CCC/C=C\C/C=C\CC. The molecule has 0 aliphatic carbocycles. The number of carbonyl (C=O) groups excluding carboxylic acids is 1. The van der Waals surface area contributed by atoms with E-state index < -0.39 is 0 Å². The number of ether oxygens (including phenoxy) is 1. The van der Waals surface area contributed by atoms with Crippen LogP contribution in [0, 0.1) is 5.92 Å². The molecule has 0 fully saturated rings. The molecule has 0 saturated heterocycles. The number of esters is 1. The Morgan fingerprint density at radius 3 is 1.97 bits per heavy atom. The normalized spacial score (nSPS) is 13.5. The molecule has 0 aromatic heterocycles. The summed E-state index contributed by atoms with van der Waals surface area (Å²) >= 11 is 0. The Morgan fingerprint density at radius 2 is 1.39 bits per heavy atom. The Morgan fingerprint density at radius 1 is 0.806 bits per heavy atom. The van der Waals surface area contributed by atoms with E-state index in [1.54, 1.807) is 0 Å². The lowest BCUT2D eigenvalue weighted by Gasteiger charge is -2.19. The van der Waals surface area contributed by atoms with Crippen molar-refractivity contribution in [2.24, 2.45) is 5.92 Å². The molecule has 31 heavy (non-hydrogen) atoms. The Labute approximate surface area is 200 Å². The van der Waals surface area contributed by atoms with E-state index in [9.17, 15) is 4.79 Å². The zero-order chi connectivity index (χ0) is 23.0. The first-order chi connectivity index (χ1) is 15.1. The number of carbonyl (C=O) groups is 1. The van der Waals surface area contributed by atoms with Gasteiger partial charge in [-0.05, 0) is 63.7 Å². The minimum atomic E-state index is -0.0437. The molecule has 0 bridgehead atoms. The molecule has 0 aliphatic rings. The van der Waals surface area contributed by atoms with Crippen LogP contribution >= 0.6 is 21.6 Å². The van der Waals surface area contributed by atoms with Gasteiger partial charge in [0.1, 0.15) is 6.10 Å². The smallest absolute Gasteiger partial charge is 0.306 e. The Bertz CT molecular complexity index is 521. The first-order valence-corrected chi connectivity index (χ1v) is 14.6. The van der Waals surface area contributed by atoms with Gasteiger partial charge in [0.15, 0.2) is 0 Å². The van der Waals surface area contributed by atoms with Crippen molar-refractivity contribution in [2.75, 3.05) is 11.5 Å². The molecule has 2 nitrogen and oxygen atoms in total. The number of unbranched alkanes of at least 4 members (excludes halogenated alkanes) is 2. The number of hydrogen-bond donors (Lipinski definition) is 0. The van der Waals surface area contributed by atoms with Crippen molar-refractivity contribution >= 4 is 27.6 Å². The summed E-state index contributed by atoms with van der Waals surface area (Å²) in [5.74, 6) is 2.52. The van der Waals surface area contributed by atoms with Crippen molar-refractivity contribution < 1.29 is 9.53 Å². The largest absolute Gasteiger partial charge is 0.461 e. The highest BCUT2D eigenvalue weighted by atomic mass is 33.1. The zero-order valence-electron chi connectivity index (χ0n) is 20.4. The van der Waals surface area contributed by atoms with Crippen molar-refractivity contribution in [2.45, 2.75) is 98.0 Å². The summed E-state index contributed by atoms with van der Waals surface area (Å²) in [7, 11) is 3.75. The third-order valence-corrected chi connectivity index (χ3v) is 6.94. The summed E-state index contributed by atoms with van der Waals surface area (Å²) in [6.45, 7) is 8.69. The van der Waals surface area contributed by atoms with Crippen LogP contribution in [0.5, 0.6) is 0 Å². The minimum absolute atomic E-state index is 0.0324. The highest BCUT2D eigenvalue weighted by Crippen LogP contribution is 2.26. The van der Waals surface area contributed by atoms with Gasteiger partial charge in [0.25, 0.3) is 0 Å². The maximum atomic E-state index is 12.2. The van der Waals surface area contributed by atoms with Crippen LogP contribution in [0.2, 0.25) is 0 Å². The van der Waals surface area contributed by atoms with Gasteiger partial charge in [-0.3, -0.25) is 4.79 Å². The third-order valence-electron chi connectivity index (χ3n) is 4.40. The maximum Gasteiger partial charge on any atom is 0.306 e. The number of rotatable bonds is 20. The summed E-state index contributed by atoms with van der Waals surface area (Å²) < 4.78 is 5.79. The van der Waals surface area contributed by atoms with Gasteiger partial charge in [0.05, 0.1) is 0 Å². The highest BCUT2D eigenvalue weighted by Gasteiger charge is 2.16. The van der Waals surface area contributed by atoms with E-state index in [2.05, 4.69) is 76.3 Å². The highest BCUT2D eigenvalue weighted by molar-refractivity contribution is 8.76. The molecule has 0 saturated carbocycles. The van der Waals surface area contributed by atoms with Crippen LogP contribution in [0.4, 0.5) is 0 Å². The minimum Gasteiger partial charge on any atom is -0.461 e. The Kier molecular flexibility index (Phi) is 23.1. The van der Waals surface area contributed by atoms with Gasteiger partial charge in [-0.15, -0.1) is 0 Å². The molecule has 1 unspecified atom stereocenters. The lowest BCUT2D eigenvalue weighted by Crippen LogP contribution is -2.22. The lowest BCUT2D eigenvalue weighted by atomic mass is 10.1. The van der Waals surface area contributed by atoms with Crippen molar-refractivity contribution in [3.63, 3.8) is 0 Å². The fourth-order valence-corrected chi connectivity index (χ4v) is 5.14. The van der Waals surface area contributed by atoms with Crippen molar-refractivity contribution in [3.05, 3.63) is 48.6 Å². The van der Waals surface area contributed by atoms with E-state index in [0.29, 0.717) is 12.3 Å². The standard InChI is InChI=1S/C27H46O2S2/c1-5-7-9-11-13-15-17-19-21-27(28)29-26(23-25(3)4)24-31-30-22-20-18-16-14-12-10-8-6-2/h7-10,13-16,25-26H,5-6,11-12,17-24H2,1-4H3/b9-7-,10-8-,15-13-,16-14-. The third kappa shape index (κ3) is 23.6. The van der Waals surface area contributed by atoms with Gasteiger partial charge in [0.2, 0.25) is 0 Å². The van der Waals surface area contributed by atoms with E-state index in [1.807, 2.05) is 21.6 Å². The molecule has 0 N–H and O–H groups in total. The molecule has 0 spiro atoms. The lowest BCUT2D eigenvalue weighted by molar-refractivity contribution is -0.148. The second-order valence-electron chi connectivity index (χ2n) is 8.06. The van der Waals surface area contributed by atoms with Gasteiger partial charge in [-0.1, -0.05) is 97.9 Å². The van der Waals surface area contributed by atoms with E-state index in [4.69, 9.17) is 4.74 Å². The first-order valence-electron chi connectivity index (χ1n) is 12.1. The monoisotopic (exact) mass is 466 g/mol.